The van der Waals surface area contributed by atoms with Crippen LogP contribution in [0.1, 0.15) is 31.0 Å². The van der Waals surface area contributed by atoms with Crippen LogP contribution in [-0.2, 0) is 4.79 Å². The van der Waals surface area contributed by atoms with Crippen LogP contribution in [0.5, 0.6) is 0 Å². The number of aromatic nitrogens is 2. The highest BCUT2D eigenvalue weighted by Gasteiger charge is 2.21. The van der Waals surface area contributed by atoms with Crippen molar-refractivity contribution in [2.75, 3.05) is 31.6 Å². The number of carbonyl (C=O) groups is 1. The molecule has 1 atom stereocenters. The number of halogens is 1. The van der Waals surface area contributed by atoms with E-state index in [0.717, 1.165) is 25.9 Å². The van der Waals surface area contributed by atoms with Crippen LogP contribution in [0, 0.1) is 0 Å². The maximum absolute atomic E-state index is 11.9. The second-order valence-corrected chi connectivity index (χ2v) is 5.14. The van der Waals surface area contributed by atoms with Crippen molar-refractivity contribution >= 4 is 23.5 Å². The van der Waals surface area contributed by atoms with E-state index in [9.17, 15) is 4.79 Å². The van der Waals surface area contributed by atoms with E-state index in [1.165, 1.54) is 0 Å². The van der Waals surface area contributed by atoms with Crippen LogP contribution >= 0.6 is 11.6 Å². The number of hydrogen-bond acceptors (Lipinski definition) is 5. The second kappa shape index (κ2) is 5.56. The van der Waals surface area contributed by atoms with E-state index in [1.807, 2.05) is 4.90 Å². The molecule has 0 N–H and O–H groups in total. The van der Waals surface area contributed by atoms with E-state index >= 15 is 0 Å². The van der Waals surface area contributed by atoms with Gasteiger partial charge in [0.1, 0.15) is 11.9 Å². The summed E-state index contributed by atoms with van der Waals surface area (Å²) in [4.78, 5) is 15.4. The molecule has 2 heterocycles. The molecule has 1 unspecified atom stereocenters. The smallest absolute Gasteiger partial charge is 0.318 e. The Morgan fingerprint density at radius 1 is 1.50 bits per heavy atom. The molecular formula is C11H17ClN4O2. The topological polar surface area (TPSA) is 62.5 Å². The molecular weight excluding hydrogens is 256 g/mol. The summed E-state index contributed by atoms with van der Waals surface area (Å²) in [5.74, 6) is 0.459. The third-order valence-corrected chi connectivity index (χ3v) is 3.11. The summed E-state index contributed by atoms with van der Waals surface area (Å²) in [5, 5.41) is 7.37. The van der Waals surface area contributed by atoms with E-state index < -0.39 is 0 Å². The van der Waals surface area contributed by atoms with Gasteiger partial charge in [0.2, 0.25) is 11.8 Å². The summed E-state index contributed by atoms with van der Waals surface area (Å²) < 4.78 is 5.37. The molecule has 0 spiro atoms. The Bertz CT molecular complexity index is 415. The lowest BCUT2D eigenvalue weighted by molar-refractivity contribution is -0.128. The highest BCUT2D eigenvalue weighted by molar-refractivity contribution is 6.20. The molecule has 100 valence electrons. The molecule has 2 rings (SSSR count). The predicted octanol–water partition coefficient (Wildman–Crippen LogP) is 1.43. The summed E-state index contributed by atoms with van der Waals surface area (Å²) >= 11 is 5.84. The molecule has 0 aliphatic carbocycles. The van der Waals surface area contributed by atoms with E-state index in [-0.39, 0.29) is 17.8 Å². The van der Waals surface area contributed by atoms with E-state index in [0.29, 0.717) is 11.9 Å². The van der Waals surface area contributed by atoms with Crippen molar-refractivity contribution in [3.63, 3.8) is 0 Å². The van der Waals surface area contributed by atoms with Gasteiger partial charge in [0.05, 0.1) is 0 Å². The number of likely N-dealkylation sites (N-methyl/N-ethyl adjacent to an activating group) is 1. The van der Waals surface area contributed by atoms with Crippen LogP contribution in [0.4, 0.5) is 6.01 Å². The molecule has 1 aromatic heterocycles. The Labute approximate surface area is 111 Å². The molecule has 1 amide bonds. The lowest BCUT2D eigenvalue weighted by Gasteiger charge is -2.19. The Kier molecular flexibility index (Phi) is 4.06. The molecule has 0 aromatic carbocycles. The van der Waals surface area contributed by atoms with Crippen LogP contribution in [0.3, 0.4) is 0 Å². The van der Waals surface area contributed by atoms with Gasteiger partial charge in [-0.2, -0.15) is 0 Å². The fourth-order valence-corrected chi connectivity index (χ4v) is 1.97. The number of likely N-dealkylation sites (tertiary alicyclic amines) is 1. The van der Waals surface area contributed by atoms with Gasteiger partial charge < -0.3 is 14.2 Å². The maximum Gasteiger partial charge on any atom is 0.318 e. The molecule has 0 radical (unpaired) electrons. The summed E-state index contributed by atoms with van der Waals surface area (Å²) in [5.41, 5.74) is 0. The minimum absolute atomic E-state index is 0.0914. The lowest BCUT2D eigenvalue weighted by Crippen LogP contribution is -2.37. The van der Waals surface area contributed by atoms with Crippen LogP contribution < -0.4 is 4.90 Å². The quantitative estimate of drug-likeness (QED) is 0.776. The summed E-state index contributed by atoms with van der Waals surface area (Å²) in [6, 6.07) is 0.324. The first-order chi connectivity index (χ1) is 8.58. The minimum atomic E-state index is -0.325. The van der Waals surface area contributed by atoms with Crippen molar-refractivity contribution in [3.05, 3.63) is 5.89 Å². The normalized spacial score (nSPS) is 16.9. The first kappa shape index (κ1) is 13.1. The molecule has 0 saturated carbocycles. The number of rotatable bonds is 4. The average molecular weight is 273 g/mol. The van der Waals surface area contributed by atoms with Gasteiger partial charge in [0.25, 0.3) is 0 Å². The van der Waals surface area contributed by atoms with Crippen LogP contribution in [0.2, 0.25) is 0 Å². The van der Waals surface area contributed by atoms with Crippen LogP contribution in [0.25, 0.3) is 0 Å². The molecule has 1 aromatic rings. The van der Waals surface area contributed by atoms with Crippen molar-refractivity contribution in [2.24, 2.45) is 0 Å². The zero-order valence-electron chi connectivity index (χ0n) is 10.6. The highest BCUT2D eigenvalue weighted by atomic mass is 35.5. The third-order valence-electron chi connectivity index (χ3n) is 2.93. The summed E-state index contributed by atoms with van der Waals surface area (Å²) in [6.45, 7) is 3.70. The van der Waals surface area contributed by atoms with Crippen molar-refractivity contribution in [3.8, 4) is 0 Å². The molecule has 18 heavy (non-hydrogen) atoms. The van der Waals surface area contributed by atoms with Crippen molar-refractivity contribution in [1.82, 2.24) is 15.1 Å². The average Bonchev–Trinajstić information content (AvgIpc) is 3.00. The zero-order chi connectivity index (χ0) is 13.1. The molecule has 1 aliphatic heterocycles. The van der Waals surface area contributed by atoms with Crippen molar-refractivity contribution < 1.29 is 9.21 Å². The van der Waals surface area contributed by atoms with Gasteiger partial charge in [0.15, 0.2) is 0 Å². The minimum Gasteiger partial charge on any atom is -0.406 e. The first-order valence-electron chi connectivity index (χ1n) is 6.04. The fourth-order valence-electron chi connectivity index (χ4n) is 1.88. The summed E-state index contributed by atoms with van der Waals surface area (Å²) in [7, 11) is 1.75. The van der Waals surface area contributed by atoms with Gasteiger partial charge in [-0.1, -0.05) is 5.10 Å². The van der Waals surface area contributed by atoms with Crippen molar-refractivity contribution in [1.29, 1.82) is 0 Å². The number of anilines is 1. The Hall–Kier alpha value is -1.30. The van der Waals surface area contributed by atoms with Crippen LogP contribution in [-0.4, -0.2) is 47.7 Å². The van der Waals surface area contributed by atoms with Crippen molar-refractivity contribution in [2.45, 2.75) is 25.1 Å². The van der Waals surface area contributed by atoms with Crippen LogP contribution in [0.15, 0.2) is 4.42 Å². The number of carbonyl (C=O) groups excluding carboxylic acids is 1. The number of nitrogens with zero attached hydrogens (tertiary/aromatic N) is 4. The number of alkyl halides is 1. The Morgan fingerprint density at radius 3 is 2.72 bits per heavy atom. The monoisotopic (exact) mass is 272 g/mol. The largest absolute Gasteiger partial charge is 0.406 e. The molecule has 1 fully saturated rings. The van der Waals surface area contributed by atoms with Gasteiger partial charge in [-0.25, -0.2) is 0 Å². The van der Waals surface area contributed by atoms with Gasteiger partial charge in [-0.15, -0.1) is 16.7 Å². The van der Waals surface area contributed by atoms with Gasteiger partial charge >= 0.3 is 6.01 Å². The molecule has 7 heteroatoms. The Balaban J connectivity index is 1.93. The summed E-state index contributed by atoms with van der Waals surface area (Å²) in [6.07, 6.45) is 2.17. The van der Waals surface area contributed by atoms with Gasteiger partial charge in [-0.05, 0) is 19.8 Å². The molecule has 0 bridgehead atoms. The van der Waals surface area contributed by atoms with Gasteiger partial charge in [-0.3, -0.25) is 4.79 Å². The maximum atomic E-state index is 11.9. The number of hydrogen-bond donors (Lipinski definition) is 0. The lowest BCUT2D eigenvalue weighted by atomic mass is 10.4. The Morgan fingerprint density at radius 2 is 2.17 bits per heavy atom. The van der Waals surface area contributed by atoms with Gasteiger partial charge in [0, 0.05) is 20.1 Å². The van der Waals surface area contributed by atoms with E-state index in [2.05, 4.69) is 10.2 Å². The molecule has 1 saturated heterocycles. The third kappa shape index (κ3) is 2.93. The predicted molar refractivity (Wildman–Crippen MR) is 67.7 cm³/mol. The number of amides is 1. The zero-order valence-corrected chi connectivity index (χ0v) is 11.4. The first-order valence-corrected chi connectivity index (χ1v) is 6.48. The standard InChI is InChI=1S/C11H17ClN4O2/c1-8(12)10-13-14-11(18-10)15(2)7-9(17)16-5-3-4-6-16/h8H,3-7H2,1-2H3. The fraction of sp³-hybridized carbons (Fsp3) is 0.727. The van der Waals surface area contributed by atoms with E-state index in [1.54, 1.807) is 18.9 Å². The molecule has 1 aliphatic rings. The SMILES string of the molecule is CC(Cl)c1nnc(N(C)CC(=O)N2CCCC2)o1. The van der Waals surface area contributed by atoms with E-state index in [4.69, 9.17) is 16.0 Å². The second-order valence-electron chi connectivity index (χ2n) is 4.48. The highest BCUT2D eigenvalue weighted by Crippen LogP contribution is 2.21. The molecule has 6 nitrogen and oxygen atoms in total.